The van der Waals surface area contributed by atoms with Crippen LogP contribution in [0.1, 0.15) is 119 Å². The number of ether oxygens (including phenoxy) is 2. The normalized spacial score (nSPS) is 56.2. The zero-order chi connectivity index (χ0) is 29.8. The number of aliphatic hydroxyl groups is 3. The highest BCUT2D eigenvalue weighted by atomic mass is 16.7. The lowest BCUT2D eigenvalue weighted by molar-refractivity contribution is -0.311. The molecular formula is C36H60O5. The number of aliphatic hydroxyl groups excluding tert-OH is 3. The highest BCUT2D eigenvalue weighted by molar-refractivity contribution is 5.21. The van der Waals surface area contributed by atoms with E-state index in [-0.39, 0.29) is 23.5 Å². The first-order valence-electron chi connectivity index (χ1n) is 17.1. The minimum absolute atomic E-state index is 0.0100. The second-order valence-electron chi connectivity index (χ2n) is 17.1. The van der Waals surface area contributed by atoms with Crippen molar-refractivity contribution in [1.29, 1.82) is 0 Å². The Balaban J connectivity index is 1.27. The van der Waals surface area contributed by atoms with Crippen LogP contribution < -0.4 is 0 Å². The van der Waals surface area contributed by atoms with E-state index in [1.165, 1.54) is 63.4 Å². The Morgan fingerprint density at radius 3 is 2.24 bits per heavy atom. The quantitative estimate of drug-likeness (QED) is 0.253. The zero-order valence-corrected chi connectivity index (χ0v) is 27.1. The Hall–Kier alpha value is -0.460. The summed E-state index contributed by atoms with van der Waals surface area (Å²) in [6.45, 7) is 22.1. The van der Waals surface area contributed by atoms with Crippen molar-refractivity contribution >= 4 is 0 Å². The average molecular weight is 573 g/mol. The van der Waals surface area contributed by atoms with Crippen LogP contribution in [-0.4, -0.2) is 52.6 Å². The van der Waals surface area contributed by atoms with Gasteiger partial charge in [-0.3, -0.25) is 0 Å². The van der Waals surface area contributed by atoms with Gasteiger partial charge in [0.2, 0.25) is 0 Å². The van der Waals surface area contributed by atoms with Crippen molar-refractivity contribution in [3.8, 4) is 0 Å². The molecule has 5 heteroatoms. The van der Waals surface area contributed by atoms with Gasteiger partial charge >= 0.3 is 0 Å². The SMILES string of the molecule is C=C(C)[C@@H]1CC[C@]2(CC)CC[C@]3(C)[C@H](CC[C@@H]4[C@@]5(C)CC[C@H](O[C@@H]6OC[C@H](O)[C@H](O)[C@H]6O)C(C)(C)[C@@H]5CC[C@]43C)[C@@H]12. The second kappa shape index (κ2) is 10.0. The minimum Gasteiger partial charge on any atom is -0.388 e. The summed E-state index contributed by atoms with van der Waals surface area (Å²) in [6.07, 6.45) is 9.72. The lowest BCUT2D eigenvalue weighted by atomic mass is 9.32. The topological polar surface area (TPSA) is 79.2 Å². The van der Waals surface area contributed by atoms with Crippen LogP contribution in [0.15, 0.2) is 12.2 Å². The highest BCUT2D eigenvalue weighted by Crippen LogP contribution is 2.78. The minimum atomic E-state index is -1.23. The maximum atomic E-state index is 10.6. The molecule has 3 N–H and O–H groups in total. The monoisotopic (exact) mass is 572 g/mol. The van der Waals surface area contributed by atoms with Crippen molar-refractivity contribution in [2.24, 2.45) is 56.7 Å². The van der Waals surface area contributed by atoms with Crippen LogP contribution in [0.4, 0.5) is 0 Å². The average Bonchev–Trinajstić information content (AvgIpc) is 3.31. The summed E-state index contributed by atoms with van der Waals surface area (Å²) in [6, 6.07) is 0. The van der Waals surface area contributed by atoms with Crippen LogP contribution in [0.3, 0.4) is 0 Å². The molecule has 1 saturated heterocycles. The molecule has 41 heavy (non-hydrogen) atoms. The molecule has 1 heterocycles. The van der Waals surface area contributed by atoms with Gasteiger partial charge in [-0.1, -0.05) is 60.1 Å². The highest BCUT2D eigenvalue weighted by Gasteiger charge is 2.70. The van der Waals surface area contributed by atoms with Crippen LogP contribution in [0.5, 0.6) is 0 Å². The van der Waals surface area contributed by atoms with Gasteiger partial charge in [0.05, 0.1) is 12.7 Å². The van der Waals surface area contributed by atoms with E-state index in [0.717, 1.165) is 24.7 Å². The molecule has 6 aliphatic rings. The number of fused-ring (bicyclic) bond motifs is 7. The molecule has 6 rings (SSSR count). The molecule has 0 aromatic heterocycles. The molecule has 5 saturated carbocycles. The Morgan fingerprint density at radius 1 is 0.829 bits per heavy atom. The van der Waals surface area contributed by atoms with E-state index in [1.807, 2.05) is 0 Å². The number of hydrogen-bond donors (Lipinski definition) is 3. The van der Waals surface area contributed by atoms with Crippen molar-refractivity contribution < 1.29 is 24.8 Å². The van der Waals surface area contributed by atoms with E-state index in [0.29, 0.717) is 34.0 Å². The molecule has 5 nitrogen and oxygen atoms in total. The smallest absolute Gasteiger partial charge is 0.186 e. The summed E-state index contributed by atoms with van der Waals surface area (Å²) in [7, 11) is 0. The number of allylic oxidation sites excluding steroid dienone is 1. The molecule has 0 spiro atoms. The summed E-state index contributed by atoms with van der Waals surface area (Å²) in [5, 5.41) is 30.8. The van der Waals surface area contributed by atoms with Gasteiger partial charge in [-0.15, -0.1) is 0 Å². The fourth-order valence-electron chi connectivity index (χ4n) is 13.2. The van der Waals surface area contributed by atoms with Gasteiger partial charge in [0, 0.05) is 0 Å². The third-order valence-corrected chi connectivity index (χ3v) is 15.6. The molecule has 5 aliphatic carbocycles. The summed E-state index contributed by atoms with van der Waals surface area (Å²) in [4.78, 5) is 0. The third-order valence-electron chi connectivity index (χ3n) is 15.6. The standard InChI is InChI=1S/C36H60O5/c1-9-36-17-12-22(21(2)3)28(36)23-10-11-26-33(6)15-14-27(41-31-30(39)29(38)24(37)20-40-31)32(4,5)25(33)13-16-35(26,8)34(23,7)18-19-36/h22-31,37-39H,2,9-20H2,1,3-8H3/t22-,23+,24-,25-,26+,27-,28+,29-,30+,31-,33-,34+,35+,36+/m0/s1. The summed E-state index contributed by atoms with van der Waals surface area (Å²) in [5.74, 6) is 3.57. The molecule has 6 fully saturated rings. The molecular weight excluding hydrogens is 512 g/mol. The van der Waals surface area contributed by atoms with Crippen LogP contribution in [0.2, 0.25) is 0 Å². The van der Waals surface area contributed by atoms with E-state index >= 15 is 0 Å². The van der Waals surface area contributed by atoms with Crippen molar-refractivity contribution in [3.63, 3.8) is 0 Å². The van der Waals surface area contributed by atoms with Gasteiger partial charge in [-0.2, -0.15) is 0 Å². The molecule has 0 aromatic rings. The second-order valence-corrected chi connectivity index (χ2v) is 17.1. The van der Waals surface area contributed by atoms with E-state index in [9.17, 15) is 15.3 Å². The predicted molar refractivity (Wildman–Crippen MR) is 162 cm³/mol. The van der Waals surface area contributed by atoms with E-state index in [2.05, 4.69) is 55.0 Å². The molecule has 0 aromatic carbocycles. The molecule has 0 radical (unpaired) electrons. The molecule has 1 aliphatic heterocycles. The van der Waals surface area contributed by atoms with E-state index < -0.39 is 24.6 Å². The Labute approximate surface area is 249 Å². The lowest BCUT2D eigenvalue weighted by Crippen LogP contribution is -2.67. The first kappa shape index (κ1) is 30.6. The summed E-state index contributed by atoms with van der Waals surface area (Å²) < 4.78 is 12.2. The molecule has 234 valence electrons. The Kier molecular flexibility index (Phi) is 7.47. The van der Waals surface area contributed by atoms with Crippen LogP contribution >= 0.6 is 0 Å². The van der Waals surface area contributed by atoms with Gasteiger partial charge in [0.25, 0.3) is 0 Å². The largest absolute Gasteiger partial charge is 0.388 e. The molecule has 0 amide bonds. The predicted octanol–water partition coefficient (Wildman–Crippen LogP) is 6.88. The van der Waals surface area contributed by atoms with Gasteiger partial charge < -0.3 is 24.8 Å². The number of rotatable bonds is 4. The number of hydrogen-bond acceptors (Lipinski definition) is 5. The van der Waals surface area contributed by atoms with E-state index in [1.54, 1.807) is 0 Å². The first-order chi connectivity index (χ1) is 19.2. The van der Waals surface area contributed by atoms with Crippen molar-refractivity contribution in [3.05, 3.63) is 12.2 Å². The fourth-order valence-corrected chi connectivity index (χ4v) is 13.2. The summed E-state index contributed by atoms with van der Waals surface area (Å²) in [5.41, 5.74) is 2.87. The zero-order valence-electron chi connectivity index (χ0n) is 27.1. The summed E-state index contributed by atoms with van der Waals surface area (Å²) >= 11 is 0. The van der Waals surface area contributed by atoms with Crippen molar-refractivity contribution in [2.75, 3.05) is 6.61 Å². The van der Waals surface area contributed by atoms with Crippen LogP contribution in [0.25, 0.3) is 0 Å². The fraction of sp³-hybridized carbons (Fsp3) is 0.944. The maximum absolute atomic E-state index is 10.6. The van der Waals surface area contributed by atoms with Gasteiger partial charge in [-0.05, 0) is 128 Å². The van der Waals surface area contributed by atoms with Gasteiger partial charge in [0.1, 0.15) is 18.3 Å². The van der Waals surface area contributed by atoms with Crippen LogP contribution in [0, 0.1) is 56.7 Å². The molecule has 0 bridgehead atoms. The maximum Gasteiger partial charge on any atom is 0.186 e. The van der Waals surface area contributed by atoms with Crippen LogP contribution in [-0.2, 0) is 9.47 Å². The first-order valence-corrected chi connectivity index (χ1v) is 17.1. The Bertz CT molecular complexity index is 1030. The van der Waals surface area contributed by atoms with Gasteiger partial charge in [-0.25, -0.2) is 0 Å². The third kappa shape index (κ3) is 4.10. The molecule has 0 unspecified atom stereocenters. The lowest BCUT2D eigenvalue weighted by Gasteiger charge is -2.73. The van der Waals surface area contributed by atoms with Gasteiger partial charge in [0.15, 0.2) is 6.29 Å². The van der Waals surface area contributed by atoms with Crippen molar-refractivity contribution in [1.82, 2.24) is 0 Å². The molecule has 14 atom stereocenters. The Morgan fingerprint density at radius 2 is 1.56 bits per heavy atom. The van der Waals surface area contributed by atoms with E-state index in [4.69, 9.17) is 9.47 Å². The van der Waals surface area contributed by atoms with Crippen molar-refractivity contribution in [2.45, 2.75) is 150 Å².